The lowest BCUT2D eigenvalue weighted by Crippen LogP contribution is -2.29. The van der Waals surface area contributed by atoms with Crippen molar-refractivity contribution in [3.05, 3.63) is 65.8 Å². The number of amides is 1. The number of phenolic OH excluding ortho intramolecular Hbond substituents is 2. The highest BCUT2D eigenvalue weighted by Gasteiger charge is 2.22. The number of carbonyl (C=O) groups is 1. The van der Waals surface area contributed by atoms with Gasteiger partial charge in [0.25, 0.3) is 0 Å². The van der Waals surface area contributed by atoms with Crippen LogP contribution in [-0.2, 0) is 4.79 Å². The summed E-state index contributed by atoms with van der Waals surface area (Å²) in [6.45, 7) is 13.4. The molecule has 0 saturated carbocycles. The Bertz CT molecular complexity index is 738. The highest BCUT2D eigenvalue weighted by molar-refractivity contribution is 5.96. The highest BCUT2D eigenvalue weighted by Crippen LogP contribution is 2.37. The van der Waals surface area contributed by atoms with Crippen molar-refractivity contribution in [2.24, 2.45) is 0 Å². The van der Waals surface area contributed by atoms with Crippen LogP contribution >= 0.6 is 0 Å². The number of nitrogens with two attached hydrogens (primary N) is 1. The van der Waals surface area contributed by atoms with E-state index in [1.165, 1.54) is 6.07 Å². The van der Waals surface area contributed by atoms with Crippen LogP contribution in [0.25, 0.3) is 0 Å². The standard InChI is InChI=1S/C21H28N2O3/c1-6-9-15(8-3)12-23-21(26)19(13(4)7-2)14(5)16-10-17(22)20(25)18(24)11-16/h6,8-11,14,24-25H,1,3,7,12,22H2,2,4-5H3,(H,23,26)/b15-9+,19-13?. The second kappa shape index (κ2) is 9.51. The van der Waals surface area contributed by atoms with Crippen molar-refractivity contribution >= 4 is 11.6 Å². The smallest absolute Gasteiger partial charge is 0.248 e. The number of hydrogen-bond acceptors (Lipinski definition) is 4. The molecule has 0 aliphatic heterocycles. The fraction of sp³-hybridized carbons (Fsp3) is 0.286. The lowest BCUT2D eigenvalue weighted by atomic mass is 9.87. The summed E-state index contributed by atoms with van der Waals surface area (Å²) < 4.78 is 0. The second-order valence-corrected chi connectivity index (χ2v) is 6.11. The zero-order chi connectivity index (χ0) is 19.9. The van der Waals surface area contributed by atoms with Crippen LogP contribution in [0.1, 0.15) is 38.7 Å². The molecule has 1 atom stereocenters. The summed E-state index contributed by atoms with van der Waals surface area (Å²) in [4.78, 5) is 12.8. The average molecular weight is 356 g/mol. The number of anilines is 1. The molecule has 0 bridgehead atoms. The molecule has 0 heterocycles. The number of nitrogens with one attached hydrogen (secondary N) is 1. The summed E-state index contributed by atoms with van der Waals surface area (Å²) in [5.74, 6) is -1.16. The van der Waals surface area contributed by atoms with E-state index < -0.39 is 0 Å². The van der Waals surface area contributed by atoms with E-state index in [0.717, 1.165) is 11.1 Å². The van der Waals surface area contributed by atoms with E-state index in [1.54, 1.807) is 24.3 Å². The SMILES string of the molecule is C=C/C=C(\C=C)CNC(=O)C(=C(C)CC)C(C)c1cc(N)c(O)c(O)c1. The predicted octanol–water partition coefficient (Wildman–Crippen LogP) is 3.92. The number of aromatic hydroxyl groups is 2. The molecule has 5 heteroatoms. The molecule has 0 aromatic heterocycles. The van der Waals surface area contributed by atoms with Crippen LogP contribution in [0, 0.1) is 0 Å². The third kappa shape index (κ3) is 5.02. The molecule has 1 aromatic carbocycles. The number of rotatable bonds is 8. The minimum atomic E-state index is -0.353. The van der Waals surface area contributed by atoms with Crippen LogP contribution in [0.2, 0.25) is 0 Å². The van der Waals surface area contributed by atoms with Gasteiger partial charge in [0.1, 0.15) is 0 Å². The van der Waals surface area contributed by atoms with Crippen molar-refractivity contribution in [1.29, 1.82) is 0 Å². The van der Waals surface area contributed by atoms with Gasteiger partial charge >= 0.3 is 0 Å². The molecule has 0 spiro atoms. The van der Waals surface area contributed by atoms with E-state index in [2.05, 4.69) is 18.5 Å². The van der Waals surface area contributed by atoms with Crippen LogP contribution in [0.3, 0.4) is 0 Å². The number of allylic oxidation sites excluding steroid dienone is 3. The van der Waals surface area contributed by atoms with Crippen LogP contribution in [0.4, 0.5) is 5.69 Å². The van der Waals surface area contributed by atoms with Crippen molar-refractivity contribution in [1.82, 2.24) is 5.32 Å². The van der Waals surface area contributed by atoms with Crippen molar-refractivity contribution in [3.63, 3.8) is 0 Å². The largest absolute Gasteiger partial charge is 0.504 e. The Morgan fingerprint density at radius 2 is 2.00 bits per heavy atom. The molecule has 1 unspecified atom stereocenters. The molecular weight excluding hydrogens is 328 g/mol. The Labute approximate surface area is 155 Å². The third-order valence-electron chi connectivity index (χ3n) is 4.36. The Balaban J connectivity index is 3.19. The van der Waals surface area contributed by atoms with Gasteiger partial charge < -0.3 is 21.3 Å². The molecular formula is C21H28N2O3. The molecule has 0 fully saturated rings. The summed E-state index contributed by atoms with van der Waals surface area (Å²) in [6, 6.07) is 3.00. The molecule has 0 saturated heterocycles. The zero-order valence-corrected chi connectivity index (χ0v) is 15.7. The van der Waals surface area contributed by atoms with Crippen LogP contribution in [0.15, 0.2) is 60.2 Å². The summed E-state index contributed by atoms with van der Waals surface area (Å²) in [5.41, 5.74) is 8.86. The third-order valence-corrected chi connectivity index (χ3v) is 4.36. The molecule has 0 radical (unpaired) electrons. The van der Waals surface area contributed by atoms with Crippen LogP contribution in [0.5, 0.6) is 11.5 Å². The van der Waals surface area contributed by atoms with Crippen molar-refractivity contribution in [2.45, 2.75) is 33.1 Å². The van der Waals surface area contributed by atoms with E-state index in [-0.39, 0.29) is 29.0 Å². The average Bonchev–Trinajstić information content (AvgIpc) is 2.62. The fourth-order valence-electron chi connectivity index (χ4n) is 2.66. The van der Waals surface area contributed by atoms with Gasteiger partial charge in [-0.2, -0.15) is 0 Å². The molecule has 0 aliphatic rings. The van der Waals surface area contributed by atoms with Gasteiger partial charge in [0, 0.05) is 18.0 Å². The molecule has 0 aliphatic carbocycles. The summed E-state index contributed by atoms with van der Waals surface area (Å²) in [7, 11) is 0. The number of carbonyl (C=O) groups excluding carboxylic acids is 1. The molecule has 5 nitrogen and oxygen atoms in total. The number of benzene rings is 1. The lowest BCUT2D eigenvalue weighted by molar-refractivity contribution is -0.117. The van der Waals surface area contributed by atoms with E-state index in [9.17, 15) is 15.0 Å². The summed E-state index contributed by atoms with van der Waals surface area (Å²) >= 11 is 0. The number of phenols is 2. The normalized spacial score (nSPS) is 13.6. The number of nitrogen functional groups attached to an aromatic ring is 1. The molecule has 140 valence electrons. The van der Waals surface area contributed by atoms with Crippen molar-refractivity contribution < 1.29 is 15.0 Å². The Morgan fingerprint density at radius 3 is 2.50 bits per heavy atom. The highest BCUT2D eigenvalue weighted by atomic mass is 16.3. The van der Waals surface area contributed by atoms with Crippen LogP contribution in [-0.4, -0.2) is 22.7 Å². The van der Waals surface area contributed by atoms with Gasteiger partial charge in [-0.05, 0) is 36.6 Å². The maximum absolute atomic E-state index is 12.8. The van der Waals surface area contributed by atoms with Gasteiger partial charge in [-0.3, -0.25) is 4.79 Å². The van der Waals surface area contributed by atoms with Gasteiger partial charge in [0.05, 0.1) is 5.69 Å². The first-order valence-corrected chi connectivity index (χ1v) is 8.49. The van der Waals surface area contributed by atoms with Gasteiger partial charge in [-0.15, -0.1) is 0 Å². The zero-order valence-electron chi connectivity index (χ0n) is 15.7. The summed E-state index contributed by atoms with van der Waals surface area (Å²) in [6.07, 6.45) is 5.80. The fourth-order valence-corrected chi connectivity index (χ4v) is 2.66. The van der Waals surface area contributed by atoms with E-state index in [0.29, 0.717) is 24.1 Å². The quantitative estimate of drug-likeness (QED) is 0.246. The molecule has 1 rings (SSSR count). The van der Waals surface area contributed by atoms with Gasteiger partial charge in [0.15, 0.2) is 11.5 Å². The Morgan fingerprint density at radius 1 is 1.35 bits per heavy atom. The topological polar surface area (TPSA) is 95.6 Å². The first kappa shape index (κ1) is 21.1. The molecule has 5 N–H and O–H groups in total. The van der Waals surface area contributed by atoms with Gasteiger partial charge in [0.2, 0.25) is 5.91 Å². The van der Waals surface area contributed by atoms with E-state index in [4.69, 9.17) is 5.73 Å². The lowest BCUT2D eigenvalue weighted by Gasteiger charge is -2.20. The maximum atomic E-state index is 12.8. The van der Waals surface area contributed by atoms with Gasteiger partial charge in [-0.25, -0.2) is 0 Å². The maximum Gasteiger partial charge on any atom is 0.248 e. The summed E-state index contributed by atoms with van der Waals surface area (Å²) in [5, 5.41) is 22.4. The first-order chi connectivity index (χ1) is 12.3. The molecule has 1 aromatic rings. The predicted molar refractivity (Wildman–Crippen MR) is 107 cm³/mol. The molecule has 26 heavy (non-hydrogen) atoms. The Kier molecular flexibility index (Phi) is 7.72. The Hall–Kier alpha value is -2.95. The first-order valence-electron chi connectivity index (χ1n) is 8.49. The molecule has 1 amide bonds. The second-order valence-electron chi connectivity index (χ2n) is 6.11. The minimum absolute atomic E-state index is 0.0728. The van der Waals surface area contributed by atoms with Crippen molar-refractivity contribution in [3.8, 4) is 11.5 Å². The number of hydrogen-bond donors (Lipinski definition) is 4. The van der Waals surface area contributed by atoms with E-state index in [1.807, 2.05) is 20.8 Å². The monoisotopic (exact) mass is 356 g/mol. The van der Waals surface area contributed by atoms with Gasteiger partial charge in [-0.1, -0.05) is 50.8 Å². The van der Waals surface area contributed by atoms with E-state index >= 15 is 0 Å². The van der Waals surface area contributed by atoms with Crippen LogP contribution < -0.4 is 11.1 Å². The van der Waals surface area contributed by atoms with Crippen molar-refractivity contribution in [2.75, 3.05) is 12.3 Å². The minimum Gasteiger partial charge on any atom is -0.504 e.